The van der Waals surface area contributed by atoms with Crippen LogP contribution in [0.4, 0.5) is 0 Å². The van der Waals surface area contributed by atoms with E-state index in [9.17, 15) is 4.79 Å². The van der Waals surface area contributed by atoms with Crippen molar-refractivity contribution in [2.45, 2.75) is 27.1 Å². The standard InChI is InChI=1S/C11H8OS.C6H14O2.C2H6O2/c12-7-9-6-11(13-8-9)10-4-2-1-3-5-10;1-4-7-6(3)8-5-2;3-1-2-4/h1-8H;6H,4-5H2,1-3H3;3-4H,1-2H2. The largest absolute Gasteiger partial charge is 0.394 e. The van der Waals surface area contributed by atoms with E-state index in [0.717, 1.165) is 29.9 Å². The van der Waals surface area contributed by atoms with E-state index in [0.29, 0.717) is 0 Å². The van der Waals surface area contributed by atoms with Crippen LogP contribution in [0.2, 0.25) is 0 Å². The highest BCUT2D eigenvalue weighted by atomic mass is 32.1. The van der Waals surface area contributed by atoms with Crippen LogP contribution in [-0.4, -0.2) is 49.2 Å². The molecule has 0 bridgehead atoms. The van der Waals surface area contributed by atoms with Crippen LogP contribution in [0.25, 0.3) is 10.4 Å². The Morgan fingerprint density at radius 1 is 1.08 bits per heavy atom. The Balaban J connectivity index is 0.000000413. The average Bonchev–Trinajstić information content (AvgIpc) is 3.13. The Hall–Kier alpha value is -1.57. The molecule has 1 aromatic carbocycles. The number of carbonyl (C=O) groups is 1. The molecule has 0 radical (unpaired) electrons. The predicted octanol–water partition coefficient (Wildman–Crippen LogP) is 3.60. The maximum Gasteiger partial charge on any atom is 0.154 e. The summed E-state index contributed by atoms with van der Waals surface area (Å²) in [5.41, 5.74) is 1.92. The minimum Gasteiger partial charge on any atom is -0.394 e. The monoisotopic (exact) mass is 368 g/mol. The molecule has 0 spiro atoms. The van der Waals surface area contributed by atoms with Crippen molar-refractivity contribution in [3.8, 4) is 10.4 Å². The lowest BCUT2D eigenvalue weighted by Gasteiger charge is -2.09. The minimum absolute atomic E-state index is 0.0370. The van der Waals surface area contributed by atoms with E-state index in [1.807, 2.05) is 62.5 Å². The number of ether oxygens (including phenoxy) is 2. The van der Waals surface area contributed by atoms with Gasteiger partial charge in [0, 0.05) is 29.0 Å². The maximum atomic E-state index is 10.5. The van der Waals surface area contributed by atoms with Crippen LogP contribution in [0.15, 0.2) is 41.8 Å². The highest BCUT2D eigenvalue weighted by Crippen LogP contribution is 2.25. The third-order valence-corrected chi connectivity index (χ3v) is 3.71. The number of carbonyl (C=O) groups excluding carboxylic acids is 1. The summed E-state index contributed by atoms with van der Waals surface area (Å²) in [4.78, 5) is 11.6. The van der Waals surface area contributed by atoms with Crippen LogP contribution in [0.3, 0.4) is 0 Å². The Morgan fingerprint density at radius 2 is 1.64 bits per heavy atom. The van der Waals surface area contributed by atoms with Gasteiger partial charge in [0.25, 0.3) is 0 Å². The molecule has 0 amide bonds. The van der Waals surface area contributed by atoms with Crippen molar-refractivity contribution in [3.05, 3.63) is 47.3 Å². The summed E-state index contributed by atoms with van der Waals surface area (Å²) >= 11 is 1.60. The first-order valence-electron chi connectivity index (χ1n) is 8.16. The summed E-state index contributed by atoms with van der Waals surface area (Å²) in [6.07, 6.45) is 0.841. The fourth-order valence-corrected chi connectivity index (χ4v) is 2.55. The van der Waals surface area contributed by atoms with Crippen molar-refractivity contribution in [1.29, 1.82) is 0 Å². The summed E-state index contributed by atoms with van der Waals surface area (Å²) < 4.78 is 10.1. The maximum absolute atomic E-state index is 10.5. The zero-order chi connectivity index (χ0) is 18.9. The van der Waals surface area contributed by atoms with Crippen LogP contribution in [-0.2, 0) is 9.47 Å². The molecule has 5 nitrogen and oxygen atoms in total. The quantitative estimate of drug-likeness (QED) is 0.577. The molecule has 140 valence electrons. The molecule has 0 aliphatic carbocycles. The van der Waals surface area contributed by atoms with E-state index < -0.39 is 0 Å². The molecule has 2 rings (SSSR count). The van der Waals surface area contributed by atoms with Gasteiger partial charge in [-0.2, -0.15) is 0 Å². The van der Waals surface area contributed by atoms with Gasteiger partial charge < -0.3 is 19.7 Å². The average molecular weight is 368 g/mol. The SMILES string of the molecule is CCOC(C)OCC.O=Cc1csc(-c2ccccc2)c1.OCCO. The molecule has 2 aromatic rings. The second kappa shape index (κ2) is 15.9. The molecule has 25 heavy (non-hydrogen) atoms. The number of thiophene rings is 1. The molecule has 0 fully saturated rings. The van der Waals surface area contributed by atoms with Gasteiger partial charge in [0.15, 0.2) is 12.6 Å². The predicted molar refractivity (Wildman–Crippen MR) is 102 cm³/mol. The van der Waals surface area contributed by atoms with Gasteiger partial charge in [-0.3, -0.25) is 4.79 Å². The van der Waals surface area contributed by atoms with Gasteiger partial charge in [-0.25, -0.2) is 0 Å². The third kappa shape index (κ3) is 11.6. The number of aliphatic hydroxyl groups is 2. The first kappa shape index (κ1) is 23.4. The second-order valence-corrected chi connectivity index (χ2v) is 5.56. The van der Waals surface area contributed by atoms with Crippen LogP contribution in [0.1, 0.15) is 31.1 Å². The van der Waals surface area contributed by atoms with Crippen molar-refractivity contribution in [1.82, 2.24) is 0 Å². The van der Waals surface area contributed by atoms with Crippen LogP contribution in [0, 0.1) is 0 Å². The van der Waals surface area contributed by atoms with Gasteiger partial charge in [-0.15, -0.1) is 11.3 Å². The molecule has 0 aliphatic rings. The zero-order valence-electron chi connectivity index (χ0n) is 15.1. The summed E-state index contributed by atoms with van der Waals surface area (Å²) in [7, 11) is 0. The Kier molecular flexibility index (Phi) is 14.9. The molecule has 1 aromatic heterocycles. The molecular weight excluding hydrogens is 340 g/mol. The van der Waals surface area contributed by atoms with Crippen molar-refractivity contribution < 1.29 is 24.5 Å². The van der Waals surface area contributed by atoms with E-state index in [4.69, 9.17) is 19.7 Å². The van der Waals surface area contributed by atoms with Crippen LogP contribution >= 0.6 is 11.3 Å². The fraction of sp³-hybridized carbons (Fsp3) is 0.421. The second-order valence-electron chi connectivity index (χ2n) is 4.65. The molecule has 0 atom stereocenters. The van der Waals surface area contributed by atoms with Gasteiger partial charge in [0.1, 0.15) is 0 Å². The lowest BCUT2D eigenvalue weighted by atomic mass is 10.2. The topological polar surface area (TPSA) is 76.0 Å². The number of rotatable bonds is 7. The molecule has 0 saturated heterocycles. The van der Waals surface area contributed by atoms with Gasteiger partial charge in [0.2, 0.25) is 0 Å². The van der Waals surface area contributed by atoms with Gasteiger partial charge >= 0.3 is 0 Å². The van der Waals surface area contributed by atoms with Gasteiger partial charge in [-0.1, -0.05) is 30.3 Å². The summed E-state index contributed by atoms with van der Waals surface area (Å²) in [5, 5.41) is 17.1. The van der Waals surface area contributed by atoms with E-state index in [2.05, 4.69) is 0 Å². The number of benzene rings is 1. The summed E-state index contributed by atoms with van der Waals surface area (Å²) in [6.45, 7) is 7.00. The van der Waals surface area contributed by atoms with E-state index in [1.54, 1.807) is 11.3 Å². The smallest absolute Gasteiger partial charge is 0.154 e. The highest BCUT2D eigenvalue weighted by Gasteiger charge is 2.00. The molecule has 0 aliphatic heterocycles. The molecule has 1 heterocycles. The fourth-order valence-electron chi connectivity index (χ4n) is 1.68. The normalized spacial score (nSPS) is 9.68. The van der Waals surface area contributed by atoms with E-state index >= 15 is 0 Å². The zero-order valence-corrected chi connectivity index (χ0v) is 15.9. The van der Waals surface area contributed by atoms with Crippen LogP contribution in [0.5, 0.6) is 0 Å². The third-order valence-electron chi connectivity index (χ3n) is 2.72. The Labute approximate surface area is 153 Å². The van der Waals surface area contributed by atoms with E-state index in [-0.39, 0.29) is 19.5 Å². The number of aliphatic hydroxyl groups excluding tert-OH is 2. The van der Waals surface area contributed by atoms with Crippen LogP contribution < -0.4 is 0 Å². The molecule has 0 unspecified atom stereocenters. The minimum atomic E-state index is -0.125. The Morgan fingerprint density at radius 3 is 2.04 bits per heavy atom. The van der Waals surface area contributed by atoms with Crippen molar-refractivity contribution in [3.63, 3.8) is 0 Å². The lowest BCUT2D eigenvalue weighted by Crippen LogP contribution is -2.11. The van der Waals surface area contributed by atoms with Crippen molar-refractivity contribution >= 4 is 17.6 Å². The molecule has 6 heteroatoms. The van der Waals surface area contributed by atoms with Crippen molar-refractivity contribution in [2.24, 2.45) is 0 Å². The number of hydrogen-bond acceptors (Lipinski definition) is 6. The summed E-state index contributed by atoms with van der Waals surface area (Å²) in [5.74, 6) is 0. The number of hydrogen-bond donors (Lipinski definition) is 2. The highest BCUT2D eigenvalue weighted by molar-refractivity contribution is 7.13. The lowest BCUT2D eigenvalue weighted by molar-refractivity contribution is -0.123. The molecular formula is C19H28O5S. The number of aldehydes is 1. The molecule has 0 saturated carbocycles. The first-order valence-corrected chi connectivity index (χ1v) is 9.04. The van der Waals surface area contributed by atoms with Gasteiger partial charge in [-0.05, 0) is 32.4 Å². The summed E-state index contributed by atoms with van der Waals surface area (Å²) in [6, 6.07) is 12.0. The molecule has 2 N–H and O–H groups in total. The Bertz CT molecular complexity index is 534. The van der Waals surface area contributed by atoms with Gasteiger partial charge in [0.05, 0.1) is 13.2 Å². The van der Waals surface area contributed by atoms with E-state index in [1.165, 1.54) is 5.56 Å². The first-order chi connectivity index (χ1) is 12.1. The van der Waals surface area contributed by atoms with Crippen molar-refractivity contribution in [2.75, 3.05) is 26.4 Å².